The Morgan fingerprint density at radius 1 is 1.22 bits per heavy atom. The van der Waals surface area contributed by atoms with E-state index in [4.69, 9.17) is 4.52 Å². The lowest BCUT2D eigenvalue weighted by Crippen LogP contribution is -2.55. The first-order valence-electron chi connectivity index (χ1n) is 8.44. The van der Waals surface area contributed by atoms with Gasteiger partial charge in [-0.05, 0) is 53.6 Å². The van der Waals surface area contributed by atoms with Gasteiger partial charge in [0.25, 0.3) is 0 Å². The van der Waals surface area contributed by atoms with E-state index in [1.54, 1.807) is 18.2 Å². The summed E-state index contributed by atoms with van der Waals surface area (Å²) in [6, 6.07) is 0.0199. The molecule has 0 unspecified atom stereocenters. The third-order valence-electron chi connectivity index (χ3n) is 5.78. The van der Waals surface area contributed by atoms with E-state index >= 15 is 0 Å². The fourth-order valence-electron chi connectivity index (χ4n) is 4.24. The van der Waals surface area contributed by atoms with Crippen LogP contribution >= 0.6 is 0 Å². The standard InChI is InChI=1S/C16H27N3O3S/c1-12-15(13(2)22-17-12)23(20,21)19-11-9-16(3)14(19)8-6-5-7-10-18(16)4/h14H,5-11H2,1-4H3/t14-,16-/m0/s1. The number of aryl methyl sites for hydroxylation is 2. The zero-order valence-corrected chi connectivity index (χ0v) is 15.3. The first kappa shape index (κ1) is 16.9. The number of rotatable bonds is 2. The molecular formula is C16H27N3O3S. The first-order chi connectivity index (χ1) is 10.8. The van der Waals surface area contributed by atoms with Crippen LogP contribution in [-0.2, 0) is 10.0 Å². The van der Waals surface area contributed by atoms with Gasteiger partial charge in [0.05, 0.1) is 0 Å². The van der Waals surface area contributed by atoms with E-state index in [0.717, 1.165) is 32.2 Å². The van der Waals surface area contributed by atoms with Crippen LogP contribution in [0.1, 0.15) is 50.5 Å². The largest absolute Gasteiger partial charge is 0.360 e. The lowest BCUT2D eigenvalue weighted by atomic mass is 9.86. The summed E-state index contributed by atoms with van der Waals surface area (Å²) in [5, 5.41) is 3.83. The lowest BCUT2D eigenvalue weighted by molar-refractivity contribution is 0.0876. The van der Waals surface area contributed by atoms with E-state index in [-0.39, 0.29) is 16.5 Å². The molecule has 2 fully saturated rings. The number of fused-ring (bicyclic) bond motifs is 1. The highest BCUT2D eigenvalue weighted by Gasteiger charge is 2.51. The molecule has 0 aliphatic carbocycles. The Morgan fingerprint density at radius 3 is 2.61 bits per heavy atom. The summed E-state index contributed by atoms with van der Waals surface area (Å²) in [5.74, 6) is 0.385. The van der Waals surface area contributed by atoms with Crippen molar-refractivity contribution >= 4 is 10.0 Å². The average molecular weight is 341 g/mol. The van der Waals surface area contributed by atoms with Crippen LogP contribution in [-0.4, -0.2) is 54.5 Å². The predicted molar refractivity (Wildman–Crippen MR) is 87.8 cm³/mol. The van der Waals surface area contributed by atoms with Gasteiger partial charge in [-0.25, -0.2) is 8.42 Å². The van der Waals surface area contributed by atoms with Crippen molar-refractivity contribution in [3.8, 4) is 0 Å². The maximum atomic E-state index is 13.2. The molecule has 6 nitrogen and oxygen atoms in total. The summed E-state index contributed by atoms with van der Waals surface area (Å²) < 4.78 is 33.3. The number of likely N-dealkylation sites (N-methyl/N-ethyl adjacent to an activating group) is 1. The Bertz CT molecular complexity index is 665. The molecule has 1 aromatic rings. The Hall–Kier alpha value is -0.920. The van der Waals surface area contributed by atoms with Crippen molar-refractivity contribution in [3.63, 3.8) is 0 Å². The number of hydrogen-bond acceptors (Lipinski definition) is 5. The van der Waals surface area contributed by atoms with Crippen LogP contribution in [0.5, 0.6) is 0 Å². The topological polar surface area (TPSA) is 66.7 Å². The fraction of sp³-hybridized carbons (Fsp3) is 0.812. The molecule has 2 aliphatic heterocycles. The highest BCUT2D eigenvalue weighted by Crippen LogP contribution is 2.41. The van der Waals surface area contributed by atoms with Crippen LogP contribution in [0.4, 0.5) is 0 Å². The Balaban J connectivity index is 2.00. The SMILES string of the molecule is Cc1noc(C)c1S(=O)(=O)N1CC[C@@]2(C)[C@@H]1CCCCCN2C. The summed E-state index contributed by atoms with van der Waals surface area (Å²) in [5.41, 5.74) is 0.363. The molecule has 0 radical (unpaired) electrons. The monoisotopic (exact) mass is 341 g/mol. The third-order valence-corrected chi connectivity index (χ3v) is 7.93. The molecule has 3 heterocycles. The molecule has 2 atom stereocenters. The van der Waals surface area contributed by atoms with Crippen molar-refractivity contribution in [1.82, 2.24) is 14.4 Å². The molecule has 0 saturated carbocycles. The molecule has 3 rings (SSSR count). The van der Waals surface area contributed by atoms with Gasteiger partial charge >= 0.3 is 0 Å². The van der Waals surface area contributed by atoms with E-state index in [2.05, 4.69) is 24.0 Å². The maximum Gasteiger partial charge on any atom is 0.248 e. The van der Waals surface area contributed by atoms with Crippen LogP contribution < -0.4 is 0 Å². The van der Waals surface area contributed by atoms with Gasteiger partial charge in [-0.2, -0.15) is 4.31 Å². The zero-order valence-electron chi connectivity index (χ0n) is 14.5. The van der Waals surface area contributed by atoms with Crippen molar-refractivity contribution in [2.75, 3.05) is 20.1 Å². The second-order valence-electron chi connectivity index (χ2n) is 7.16. The van der Waals surface area contributed by atoms with E-state index in [1.165, 1.54) is 6.42 Å². The van der Waals surface area contributed by atoms with E-state index in [1.807, 2.05) is 0 Å². The molecule has 0 N–H and O–H groups in total. The van der Waals surface area contributed by atoms with E-state index in [0.29, 0.717) is 18.0 Å². The van der Waals surface area contributed by atoms with Crippen LogP contribution in [0.25, 0.3) is 0 Å². The molecule has 0 aromatic carbocycles. The van der Waals surface area contributed by atoms with Crippen molar-refractivity contribution in [3.05, 3.63) is 11.5 Å². The zero-order chi connectivity index (χ0) is 16.8. The van der Waals surface area contributed by atoms with E-state index in [9.17, 15) is 8.42 Å². The van der Waals surface area contributed by atoms with Crippen LogP contribution in [0.15, 0.2) is 9.42 Å². The van der Waals surface area contributed by atoms with E-state index < -0.39 is 10.0 Å². The van der Waals surface area contributed by atoms with Gasteiger partial charge in [0.1, 0.15) is 10.6 Å². The average Bonchev–Trinajstić information content (AvgIpc) is 2.99. The minimum absolute atomic E-state index is 0.0199. The molecule has 0 amide bonds. The van der Waals surface area contributed by atoms with Crippen molar-refractivity contribution in [2.24, 2.45) is 0 Å². The van der Waals surface area contributed by atoms with Gasteiger partial charge in [-0.1, -0.05) is 18.0 Å². The normalized spacial score (nSPS) is 30.9. The quantitative estimate of drug-likeness (QED) is 0.826. The van der Waals surface area contributed by atoms with Crippen molar-refractivity contribution in [2.45, 2.75) is 69.4 Å². The summed E-state index contributed by atoms with van der Waals surface area (Å²) in [7, 11) is -1.44. The molecule has 23 heavy (non-hydrogen) atoms. The number of sulfonamides is 1. The molecule has 2 aliphatic rings. The van der Waals surface area contributed by atoms with Crippen molar-refractivity contribution in [1.29, 1.82) is 0 Å². The van der Waals surface area contributed by atoms with Gasteiger partial charge in [0.2, 0.25) is 10.0 Å². The molecular weight excluding hydrogens is 314 g/mol. The maximum absolute atomic E-state index is 13.2. The van der Waals surface area contributed by atoms with Crippen LogP contribution in [0, 0.1) is 13.8 Å². The Labute approximate surface area is 138 Å². The van der Waals surface area contributed by atoms with Gasteiger partial charge < -0.3 is 4.52 Å². The summed E-state index contributed by atoms with van der Waals surface area (Å²) in [6.45, 7) is 7.19. The highest BCUT2D eigenvalue weighted by atomic mass is 32.2. The van der Waals surface area contributed by atoms with Gasteiger partial charge in [0.15, 0.2) is 5.76 Å². The number of aromatic nitrogens is 1. The highest BCUT2D eigenvalue weighted by molar-refractivity contribution is 7.89. The molecule has 0 spiro atoms. The third kappa shape index (κ3) is 2.62. The summed E-state index contributed by atoms with van der Waals surface area (Å²) in [6.07, 6.45) is 5.23. The summed E-state index contributed by atoms with van der Waals surface area (Å²) in [4.78, 5) is 2.62. The lowest BCUT2D eigenvalue weighted by Gasteiger charge is -2.43. The first-order valence-corrected chi connectivity index (χ1v) is 9.88. The molecule has 0 bridgehead atoms. The van der Waals surface area contributed by atoms with Gasteiger partial charge in [0, 0.05) is 18.1 Å². The number of hydrogen-bond donors (Lipinski definition) is 0. The van der Waals surface area contributed by atoms with Crippen LogP contribution in [0.2, 0.25) is 0 Å². The minimum Gasteiger partial charge on any atom is -0.360 e. The minimum atomic E-state index is -3.57. The fourth-order valence-corrected chi connectivity index (χ4v) is 6.28. The smallest absolute Gasteiger partial charge is 0.248 e. The molecule has 1 aromatic heterocycles. The Morgan fingerprint density at radius 2 is 1.96 bits per heavy atom. The predicted octanol–water partition coefficient (Wildman–Crippen LogP) is 2.32. The summed E-state index contributed by atoms with van der Waals surface area (Å²) >= 11 is 0. The molecule has 2 saturated heterocycles. The van der Waals surface area contributed by atoms with Gasteiger partial charge in [-0.15, -0.1) is 0 Å². The number of likely N-dealkylation sites (tertiary alicyclic amines) is 1. The van der Waals surface area contributed by atoms with Gasteiger partial charge in [-0.3, -0.25) is 4.90 Å². The second-order valence-corrected chi connectivity index (χ2v) is 8.99. The van der Waals surface area contributed by atoms with Crippen LogP contribution in [0.3, 0.4) is 0 Å². The molecule has 130 valence electrons. The van der Waals surface area contributed by atoms with Crippen molar-refractivity contribution < 1.29 is 12.9 Å². The second kappa shape index (κ2) is 5.86. The number of nitrogens with zero attached hydrogens (tertiary/aromatic N) is 3. The molecule has 7 heteroatoms. The Kier molecular flexibility index (Phi) is 4.31.